The molecule has 1 atom stereocenters. The van der Waals surface area contributed by atoms with Gasteiger partial charge in [-0.2, -0.15) is 4.31 Å². The first-order chi connectivity index (χ1) is 14.4. The summed E-state index contributed by atoms with van der Waals surface area (Å²) in [4.78, 5) is 0.132. The predicted octanol–water partition coefficient (Wildman–Crippen LogP) is 3.65. The van der Waals surface area contributed by atoms with E-state index in [2.05, 4.69) is 5.16 Å². The highest BCUT2D eigenvalue weighted by Gasteiger charge is 2.40. The van der Waals surface area contributed by atoms with Gasteiger partial charge in [-0.1, -0.05) is 35.5 Å². The van der Waals surface area contributed by atoms with E-state index in [4.69, 9.17) is 14.0 Å². The normalized spacial score (nSPS) is 16.9. The van der Waals surface area contributed by atoms with Gasteiger partial charge in [-0.25, -0.2) is 8.42 Å². The van der Waals surface area contributed by atoms with Crippen molar-refractivity contribution in [1.82, 2.24) is 9.46 Å². The Morgan fingerprint density at radius 1 is 1.07 bits per heavy atom. The molecule has 0 saturated carbocycles. The zero-order valence-corrected chi connectivity index (χ0v) is 18.2. The second kappa shape index (κ2) is 7.77. The molecule has 158 valence electrons. The van der Waals surface area contributed by atoms with Crippen LogP contribution in [0.3, 0.4) is 0 Å². The van der Waals surface area contributed by atoms with Crippen LogP contribution >= 0.6 is 0 Å². The molecule has 7 nitrogen and oxygen atoms in total. The van der Waals surface area contributed by atoms with Crippen molar-refractivity contribution in [3.8, 4) is 11.5 Å². The lowest BCUT2D eigenvalue weighted by Gasteiger charge is -2.37. The molecule has 1 aromatic heterocycles. The van der Waals surface area contributed by atoms with Crippen LogP contribution in [0.2, 0.25) is 0 Å². The highest BCUT2D eigenvalue weighted by molar-refractivity contribution is 7.89. The molecule has 2 aromatic carbocycles. The number of aromatic nitrogens is 1. The maximum atomic E-state index is 13.7. The van der Waals surface area contributed by atoms with Gasteiger partial charge in [0.05, 0.1) is 20.3 Å². The Morgan fingerprint density at radius 3 is 2.33 bits per heavy atom. The number of methoxy groups -OCH3 is 2. The van der Waals surface area contributed by atoms with E-state index in [1.165, 1.54) is 4.31 Å². The second-order valence-electron chi connectivity index (χ2n) is 7.24. The fourth-order valence-electron chi connectivity index (χ4n) is 4.12. The molecule has 30 heavy (non-hydrogen) atoms. The average molecular weight is 429 g/mol. The lowest BCUT2D eigenvalue weighted by Crippen LogP contribution is -2.41. The summed E-state index contributed by atoms with van der Waals surface area (Å²) in [5.41, 5.74) is 3.14. The molecule has 0 N–H and O–H groups in total. The van der Waals surface area contributed by atoms with Crippen LogP contribution < -0.4 is 9.47 Å². The van der Waals surface area contributed by atoms with Crippen molar-refractivity contribution in [3.05, 3.63) is 70.6 Å². The van der Waals surface area contributed by atoms with E-state index in [-0.39, 0.29) is 10.7 Å². The number of ether oxygens (including phenoxy) is 2. The van der Waals surface area contributed by atoms with Gasteiger partial charge in [0.25, 0.3) is 0 Å². The lowest BCUT2D eigenvalue weighted by molar-refractivity contribution is 0.331. The van der Waals surface area contributed by atoms with E-state index in [0.29, 0.717) is 30.2 Å². The maximum absolute atomic E-state index is 13.7. The molecule has 1 aliphatic rings. The van der Waals surface area contributed by atoms with Crippen LogP contribution in [-0.4, -0.2) is 38.6 Å². The first-order valence-corrected chi connectivity index (χ1v) is 11.1. The quantitative estimate of drug-likeness (QED) is 0.617. The van der Waals surface area contributed by atoms with Gasteiger partial charge in [0, 0.05) is 6.54 Å². The Hall–Kier alpha value is -2.84. The van der Waals surface area contributed by atoms with Crippen molar-refractivity contribution in [2.75, 3.05) is 20.8 Å². The van der Waals surface area contributed by atoms with Gasteiger partial charge in [0.2, 0.25) is 10.0 Å². The van der Waals surface area contributed by atoms with Gasteiger partial charge in [0.15, 0.2) is 17.3 Å². The van der Waals surface area contributed by atoms with Crippen molar-refractivity contribution >= 4 is 10.0 Å². The fraction of sp³-hybridized carbons (Fsp3) is 0.318. The van der Waals surface area contributed by atoms with E-state index in [1.807, 2.05) is 42.5 Å². The van der Waals surface area contributed by atoms with E-state index >= 15 is 0 Å². The largest absolute Gasteiger partial charge is 0.493 e. The maximum Gasteiger partial charge on any atom is 0.249 e. The molecule has 0 aliphatic carbocycles. The molecule has 1 aliphatic heterocycles. The monoisotopic (exact) mass is 428 g/mol. The van der Waals surface area contributed by atoms with Gasteiger partial charge in [-0.3, -0.25) is 0 Å². The Kier molecular flexibility index (Phi) is 5.29. The van der Waals surface area contributed by atoms with E-state index in [0.717, 1.165) is 16.7 Å². The second-order valence-corrected chi connectivity index (χ2v) is 9.07. The number of rotatable bonds is 5. The number of hydrogen-bond donors (Lipinski definition) is 0. The van der Waals surface area contributed by atoms with Crippen molar-refractivity contribution < 1.29 is 22.4 Å². The minimum atomic E-state index is -3.85. The molecule has 0 bridgehead atoms. The molecule has 4 rings (SSSR count). The van der Waals surface area contributed by atoms with E-state index in [1.54, 1.807) is 28.1 Å². The minimum Gasteiger partial charge on any atom is -0.493 e. The molecule has 0 radical (unpaired) electrons. The number of sulfonamides is 1. The van der Waals surface area contributed by atoms with Gasteiger partial charge >= 0.3 is 0 Å². The molecule has 0 unspecified atom stereocenters. The van der Waals surface area contributed by atoms with Crippen LogP contribution in [0, 0.1) is 13.8 Å². The highest BCUT2D eigenvalue weighted by Crippen LogP contribution is 2.43. The van der Waals surface area contributed by atoms with Crippen LogP contribution in [0.25, 0.3) is 0 Å². The van der Waals surface area contributed by atoms with E-state index in [9.17, 15) is 8.42 Å². The SMILES string of the molecule is COc1cc2c(cc1OC)[C@H](c1ccccc1)N(S(=O)(=O)c1c(C)noc1C)CC2. The topological polar surface area (TPSA) is 81.9 Å². The van der Waals surface area contributed by atoms with Gasteiger partial charge in [-0.05, 0) is 49.1 Å². The number of hydrogen-bond acceptors (Lipinski definition) is 6. The standard InChI is InChI=1S/C22H24N2O5S/c1-14-22(15(2)29-23-14)30(25,26)24-11-10-17-12-19(27-3)20(28-4)13-18(17)21(24)16-8-6-5-7-9-16/h5-9,12-13,21H,10-11H2,1-4H3/t21-/m0/s1. The van der Waals surface area contributed by atoms with Crippen LogP contribution in [0.5, 0.6) is 11.5 Å². The zero-order valence-electron chi connectivity index (χ0n) is 17.4. The first-order valence-electron chi connectivity index (χ1n) is 9.63. The Balaban J connectivity index is 1.93. The van der Waals surface area contributed by atoms with Crippen molar-refractivity contribution in [1.29, 1.82) is 0 Å². The van der Waals surface area contributed by atoms with Crippen molar-refractivity contribution in [2.45, 2.75) is 31.2 Å². The molecule has 0 spiro atoms. The third-order valence-electron chi connectivity index (χ3n) is 5.48. The van der Waals surface area contributed by atoms with Crippen LogP contribution in [0.15, 0.2) is 51.9 Å². The Morgan fingerprint density at radius 2 is 1.73 bits per heavy atom. The summed E-state index contributed by atoms with van der Waals surface area (Å²) < 4.78 is 45.1. The summed E-state index contributed by atoms with van der Waals surface area (Å²) in [5.74, 6) is 1.48. The number of benzene rings is 2. The predicted molar refractivity (Wildman–Crippen MR) is 111 cm³/mol. The fourth-order valence-corrected chi connectivity index (χ4v) is 6.01. The van der Waals surface area contributed by atoms with Gasteiger partial charge < -0.3 is 14.0 Å². The summed E-state index contributed by atoms with van der Waals surface area (Å²) in [5, 5.41) is 3.85. The third-order valence-corrected chi connectivity index (χ3v) is 7.59. The lowest BCUT2D eigenvalue weighted by atomic mass is 9.89. The van der Waals surface area contributed by atoms with Crippen LogP contribution in [0.1, 0.15) is 34.2 Å². The molecule has 8 heteroatoms. The molecule has 0 fully saturated rings. The molecule has 2 heterocycles. The zero-order chi connectivity index (χ0) is 21.5. The van der Waals surface area contributed by atoms with Crippen LogP contribution in [0.4, 0.5) is 0 Å². The molecular formula is C22H24N2O5S. The summed E-state index contributed by atoms with van der Waals surface area (Å²) in [6.07, 6.45) is 0.557. The molecule has 0 saturated heterocycles. The number of aryl methyl sites for hydroxylation is 2. The van der Waals surface area contributed by atoms with Crippen molar-refractivity contribution in [2.24, 2.45) is 0 Å². The summed E-state index contributed by atoms with van der Waals surface area (Å²) >= 11 is 0. The van der Waals surface area contributed by atoms with Gasteiger partial charge in [-0.15, -0.1) is 0 Å². The summed E-state index contributed by atoms with van der Waals surface area (Å²) in [6, 6.07) is 12.9. The minimum absolute atomic E-state index is 0.132. The first kappa shape index (κ1) is 20.4. The number of nitrogens with zero attached hydrogens (tertiary/aromatic N) is 2. The summed E-state index contributed by atoms with van der Waals surface area (Å²) in [6.45, 7) is 3.59. The molecule has 0 amide bonds. The third kappa shape index (κ3) is 3.26. The van der Waals surface area contributed by atoms with E-state index < -0.39 is 16.1 Å². The van der Waals surface area contributed by atoms with Gasteiger partial charge in [0.1, 0.15) is 10.6 Å². The highest BCUT2D eigenvalue weighted by atomic mass is 32.2. The Labute approximate surface area is 176 Å². The number of fused-ring (bicyclic) bond motifs is 1. The summed E-state index contributed by atoms with van der Waals surface area (Å²) in [7, 11) is -0.685. The smallest absolute Gasteiger partial charge is 0.249 e. The average Bonchev–Trinajstić information content (AvgIpc) is 3.11. The Bertz CT molecular complexity index is 1150. The molecular weight excluding hydrogens is 404 g/mol. The van der Waals surface area contributed by atoms with Crippen LogP contribution in [-0.2, 0) is 16.4 Å². The molecule has 3 aromatic rings. The van der Waals surface area contributed by atoms with Crippen molar-refractivity contribution in [3.63, 3.8) is 0 Å².